The minimum Gasteiger partial charge on any atom is -0.310 e. The van der Waals surface area contributed by atoms with Crippen LogP contribution < -0.4 is 5.32 Å². The monoisotopic (exact) mass is 422 g/mol. The Morgan fingerprint density at radius 3 is 2.70 bits per heavy atom. The zero-order chi connectivity index (χ0) is 21.1. The molecule has 4 rings (SSSR count). The van der Waals surface area contributed by atoms with Crippen LogP contribution in [-0.4, -0.2) is 36.6 Å². The topological polar surface area (TPSA) is 88.5 Å². The van der Waals surface area contributed by atoms with E-state index in [0.29, 0.717) is 22.4 Å². The first kappa shape index (κ1) is 19.8. The molecule has 0 atom stereocenters. The van der Waals surface area contributed by atoms with E-state index in [4.69, 9.17) is 0 Å². The number of carbonyl (C=O) groups is 1. The van der Waals surface area contributed by atoms with Gasteiger partial charge >= 0.3 is 0 Å². The second-order valence-electron chi connectivity index (χ2n) is 6.70. The molecule has 0 bridgehead atoms. The number of halogens is 1. The number of aryl methyl sites for hydroxylation is 2. The Labute approximate surface area is 176 Å². The van der Waals surface area contributed by atoms with Gasteiger partial charge in [0.2, 0.25) is 11.1 Å². The Kier molecular flexibility index (Phi) is 5.62. The van der Waals surface area contributed by atoms with Crippen molar-refractivity contribution >= 4 is 23.5 Å². The third-order valence-corrected chi connectivity index (χ3v) is 5.15. The predicted molar refractivity (Wildman–Crippen MR) is 114 cm³/mol. The van der Waals surface area contributed by atoms with Gasteiger partial charge in [0, 0.05) is 6.07 Å². The first-order chi connectivity index (χ1) is 14.5. The maximum atomic E-state index is 13.9. The van der Waals surface area contributed by atoms with Crippen molar-refractivity contribution in [3.63, 3.8) is 0 Å². The predicted octanol–water partition coefficient (Wildman–Crippen LogP) is 4.14. The number of thioether (sulfide) groups is 1. The van der Waals surface area contributed by atoms with E-state index in [0.717, 1.165) is 28.7 Å². The number of benzene rings is 2. The van der Waals surface area contributed by atoms with Crippen molar-refractivity contribution in [3.05, 3.63) is 71.7 Å². The minimum atomic E-state index is -0.386. The van der Waals surface area contributed by atoms with E-state index in [1.807, 2.05) is 44.2 Å². The van der Waals surface area contributed by atoms with Gasteiger partial charge in [-0.1, -0.05) is 41.6 Å². The van der Waals surface area contributed by atoms with Crippen LogP contribution in [0.4, 0.5) is 10.2 Å². The highest BCUT2D eigenvalue weighted by atomic mass is 32.2. The first-order valence-corrected chi connectivity index (χ1v) is 10.2. The number of carbonyl (C=O) groups excluding carboxylic acids is 1. The molecule has 0 unspecified atom stereocenters. The molecular formula is C21H19FN6OS. The summed E-state index contributed by atoms with van der Waals surface area (Å²) in [4.78, 5) is 16.7. The summed E-state index contributed by atoms with van der Waals surface area (Å²) in [5.41, 5.74) is 3.13. The molecule has 0 saturated carbocycles. The Hall–Kier alpha value is -3.46. The highest BCUT2D eigenvalue weighted by molar-refractivity contribution is 7.99. The molecule has 9 heteroatoms. The first-order valence-electron chi connectivity index (χ1n) is 9.23. The molecule has 1 amide bonds. The Bertz CT molecular complexity index is 1180. The average molecular weight is 422 g/mol. The normalized spacial score (nSPS) is 10.9. The lowest BCUT2D eigenvalue weighted by Crippen LogP contribution is -2.17. The van der Waals surface area contributed by atoms with Gasteiger partial charge in [0.25, 0.3) is 0 Å². The van der Waals surface area contributed by atoms with E-state index in [1.54, 1.807) is 22.9 Å². The zero-order valence-corrected chi connectivity index (χ0v) is 17.2. The molecule has 2 aromatic carbocycles. The minimum absolute atomic E-state index is 0.104. The molecule has 0 spiro atoms. The van der Waals surface area contributed by atoms with Gasteiger partial charge < -0.3 is 5.32 Å². The van der Waals surface area contributed by atoms with Crippen molar-refractivity contribution in [2.75, 3.05) is 11.1 Å². The number of anilines is 1. The number of hydrogen-bond donors (Lipinski definition) is 2. The van der Waals surface area contributed by atoms with Crippen LogP contribution in [0.5, 0.6) is 0 Å². The number of nitrogens with one attached hydrogen (secondary N) is 2. The number of aromatic nitrogens is 5. The molecule has 7 nitrogen and oxygen atoms in total. The Morgan fingerprint density at radius 1 is 1.17 bits per heavy atom. The quantitative estimate of drug-likeness (QED) is 0.456. The van der Waals surface area contributed by atoms with Gasteiger partial charge in [0.15, 0.2) is 5.82 Å². The van der Waals surface area contributed by atoms with E-state index >= 15 is 0 Å². The van der Waals surface area contributed by atoms with Gasteiger partial charge in [-0.3, -0.25) is 9.89 Å². The van der Waals surface area contributed by atoms with Crippen LogP contribution in [0.1, 0.15) is 11.3 Å². The molecule has 2 aromatic heterocycles. The van der Waals surface area contributed by atoms with Crippen LogP contribution in [0.15, 0.2) is 59.8 Å². The zero-order valence-electron chi connectivity index (χ0n) is 16.4. The standard InChI is InChI=1S/C21H19FN6OS/c1-13-7-9-15(10-8-13)28-18(11-14(2)27-28)23-19(29)12-30-21-24-20(25-26-21)16-5-3-4-6-17(16)22/h3-11H,12H2,1-2H3,(H,23,29)(H,24,25,26). The van der Waals surface area contributed by atoms with Gasteiger partial charge in [0.05, 0.1) is 22.7 Å². The summed E-state index contributed by atoms with van der Waals surface area (Å²) in [5, 5.41) is 14.5. The van der Waals surface area contributed by atoms with Crippen molar-refractivity contribution in [1.29, 1.82) is 0 Å². The third kappa shape index (κ3) is 4.41. The Balaban J connectivity index is 1.42. The largest absolute Gasteiger partial charge is 0.310 e. The molecular weight excluding hydrogens is 403 g/mol. The van der Waals surface area contributed by atoms with E-state index in [1.165, 1.54) is 6.07 Å². The van der Waals surface area contributed by atoms with Crippen molar-refractivity contribution in [3.8, 4) is 17.1 Å². The maximum Gasteiger partial charge on any atom is 0.236 e. The van der Waals surface area contributed by atoms with Gasteiger partial charge in [-0.2, -0.15) is 5.10 Å². The second-order valence-corrected chi connectivity index (χ2v) is 7.64. The summed E-state index contributed by atoms with van der Waals surface area (Å²) in [6.45, 7) is 3.88. The van der Waals surface area contributed by atoms with E-state index in [2.05, 4.69) is 25.6 Å². The van der Waals surface area contributed by atoms with E-state index in [-0.39, 0.29) is 17.5 Å². The average Bonchev–Trinajstić information content (AvgIpc) is 3.34. The van der Waals surface area contributed by atoms with Crippen molar-refractivity contribution < 1.29 is 9.18 Å². The number of amides is 1. The highest BCUT2D eigenvalue weighted by Gasteiger charge is 2.14. The summed E-state index contributed by atoms with van der Waals surface area (Å²) in [6.07, 6.45) is 0. The number of nitrogens with zero attached hydrogens (tertiary/aromatic N) is 4. The molecule has 0 fully saturated rings. The van der Waals surface area contributed by atoms with Gasteiger partial charge in [-0.25, -0.2) is 14.1 Å². The lowest BCUT2D eigenvalue weighted by molar-refractivity contribution is -0.113. The number of aromatic amines is 1. The van der Waals surface area contributed by atoms with Crippen LogP contribution >= 0.6 is 11.8 Å². The lowest BCUT2D eigenvalue weighted by Gasteiger charge is -2.08. The van der Waals surface area contributed by atoms with Crippen LogP contribution in [0, 0.1) is 19.7 Å². The molecule has 0 aliphatic heterocycles. The van der Waals surface area contributed by atoms with Crippen LogP contribution in [-0.2, 0) is 4.79 Å². The fourth-order valence-electron chi connectivity index (χ4n) is 2.86. The second kappa shape index (κ2) is 8.50. The Morgan fingerprint density at radius 2 is 1.93 bits per heavy atom. The third-order valence-electron chi connectivity index (χ3n) is 4.30. The van der Waals surface area contributed by atoms with E-state index < -0.39 is 0 Å². The van der Waals surface area contributed by atoms with E-state index in [9.17, 15) is 9.18 Å². The number of rotatable bonds is 6. The van der Waals surface area contributed by atoms with Crippen molar-refractivity contribution in [2.45, 2.75) is 19.0 Å². The smallest absolute Gasteiger partial charge is 0.236 e. The summed E-state index contributed by atoms with van der Waals surface area (Å²) < 4.78 is 15.6. The fourth-order valence-corrected chi connectivity index (χ4v) is 3.46. The fraction of sp³-hybridized carbons (Fsp3) is 0.143. The lowest BCUT2D eigenvalue weighted by atomic mass is 10.2. The molecule has 4 aromatic rings. The van der Waals surface area contributed by atoms with Gasteiger partial charge in [-0.15, -0.1) is 5.10 Å². The number of H-pyrrole nitrogens is 1. The van der Waals surface area contributed by atoms with Crippen LogP contribution in [0.2, 0.25) is 0 Å². The van der Waals surface area contributed by atoms with Crippen LogP contribution in [0.3, 0.4) is 0 Å². The maximum absolute atomic E-state index is 13.9. The highest BCUT2D eigenvalue weighted by Crippen LogP contribution is 2.22. The van der Waals surface area contributed by atoms with Gasteiger partial charge in [-0.05, 0) is 38.1 Å². The van der Waals surface area contributed by atoms with Gasteiger partial charge in [0.1, 0.15) is 11.6 Å². The van der Waals surface area contributed by atoms with Crippen molar-refractivity contribution in [1.82, 2.24) is 25.0 Å². The summed E-state index contributed by atoms with van der Waals surface area (Å²) in [6, 6.07) is 16.0. The molecule has 2 heterocycles. The molecule has 0 radical (unpaired) electrons. The summed E-state index contributed by atoms with van der Waals surface area (Å²) >= 11 is 1.16. The molecule has 0 saturated heterocycles. The molecule has 0 aliphatic rings. The molecule has 152 valence electrons. The molecule has 2 N–H and O–H groups in total. The SMILES string of the molecule is Cc1ccc(-n2nc(C)cc2NC(=O)CSc2n[nH]c(-c3ccccc3F)n2)cc1. The van der Waals surface area contributed by atoms with Crippen LogP contribution in [0.25, 0.3) is 17.1 Å². The number of hydrogen-bond acceptors (Lipinski definition) is 5. The summed E-state index contributed by atoms with van der Waals surface area (Å²) in [7, 11) is 0. The summed E-state index contributed by atoms with van der Waals surface area (Å²) in [5.74, 6) is 0.411. The molecule has 0 aliphatic carbocycles. The molecule has 30 heavy (non-hydrogen) atoms. The van der Waals surface area contributed by atoms with Crippen molar-refractivity contribution in [2.24, 2.45) is 0 Å².